The summed E-state index contributed by atoms with van der Waals surface area (Å²) in [4.78, 5) is 30.8. The Morgan fingerprint density at radius 1 is 0.290 bits per heavy atom. The van der Waals surface area contributed by atoms with Gasteiger partial charge in [0.05, 0.1) is 55.6 Å². The van der Waals surface area contributed by atoms with E-state index in [1.165, 1.54) is 26.4 Å². The van der Waals surface area contributed by atoms with Gasteiger partial charge >= 0.3 is 0 Å². The largest absolute Gasteiger partial charge is 0.309 e. The van der Waals surface area contributed by atoms with Crippen LogP contribution in [0, 0.1) is 0 Å². The van der Waals surface area contributed by atoms with Gasteiger partial charge < -0.3 is 13.7 Å². The molecule has 0 N–H and O–H groups in total. The van der Waals surface area contributed by atoms with Crippen LogP contribution in [0.1, 0.15) is 20.7 Å². The molecule has 0 fully saturated rings. The predicted molar refractivity (Wildman–Crippen MR) is 252 cm³/mol. The van der Waals surface area contributed by atoms with Gasteiger partial charge in [-0.3, -0.25) is 9.59 Å². The first-order valence-corrected chi connectivity index (χ1v) is 20.9. The third-order valence-corrected chi connectivity index (χ3v) is 12.8. The minimum absolute atomic E-state index is 0.335. The number of imide groups is 1. The molecule has 0 bridgehead atoms. The van der Waals surface area contributed by atoms with Gasteiger partial charge in [-0.25, -0.2) is 4.90 Å². The quantitative estimate of drug-likeness (QED) is 0.163. The Morgan fingerprint density at radius 2 is 0.710 bits per heavy atom. The monoisotopic (exact) mass is 794 g/mol. The van der Waals surface area contributed by atoms with E-state index in [2.05, 4.69) is 147 Å². The summed E-state index contributed by atoms with van der Waals surface area (Å²) in [5.74, 6) is -0.680. The van der Waals surface area contributed by atoms with Gasteiger partial charge in [0.15, 0.2) is 0 Å². The number of anilines is 1. The SMILES string of the molecule is O=C1c2cccc(-n3c4ccc(-n5c6ccccc6c6ccccc65)cc4c4cc(-n5c6ccccc6c6ccccc65)ccc43)c2C(=O)N1c1ccccc1-c1ccccc1. The van der Waals surface area contributed by atoms with E-state index in [0.29, 0.717) is 22.5 Å². The van der Waals surface area contributed by atoms with Crippen molar-refractivity contribution in [1.82, 2.24) is 13.7 Å². The second-order valence-corrected chi connectivity index (χ2v) is 16.0. The zero-order valence-electron chi connectivity index (χ0n) is 33.2. The number of fused-ring (bicyclic) bond motifs is 10. The number of nitrogens with zero attached hydrogens (tertiary/aromatic N) is 4. The predicted octanol–water partition coefficient (Wildman–Crippen LogP) is 13.4. The van der Waals surface area contributed by atoms with E-state index in [9.17, 15) is 9.59 Å². The molecule has 1 aliphatic rings. The van der Waals surface area contributed by atoms with Crippen LogP contribution in [0.15, 0.2) is 206 Å². The molecular formula is C56H34N4O2. The highest BCUT2D eigenvalue weighted by molar-refractivity contribution is 6.36. The van der Waals surface area contributed by atoms with Gasteiger partial charge in [-0.1, -0.05) is 127 Å². The lowest BCUT2D eigenvalue weighted by atomic mass is 10.0. The standard InChI is InChI=1S/C56H34N4O2/c61-55-43-22-14-28-53(54(43)56(62)60(55)46-23-9-4-17-38(46)35-15-2-1-3-16-35)59-51-31-29-36(57-47-24-10-5-18-39(47)40-19-6-11-25-48(40)57)33-44(51)45-34-37(30-32-52(45)59)58-49-26-12-7-20-41(49)42-21-8-13-27-50(42)58/h1-34H. The van der Waals surface area contributed by atoms with Crippen LogP contribution in [-0.2, 0) is 0 Å². The minimum Gasteiger partial charge on any atom is -0.309 e. The first-order valence-electron chi connectivity index (χ1n) is 20.9. The molecule has 9 aromatic carbocycles. The normalized spacial score (nSPS) is 12.9. The third kappa shape index (κ3) is 4.74. The van der Waals surface area contributed by atoms with E-state index >= 15 is 0 Å². The van der Waals surface area contributed by atoms with Crippen LogP contribution < -0.4 is 4.90 Å². The number of carbonyl (C=O) groups is 2. The molecule has 12 aromatic rings. The highest BCUT2D eigenvalue weighted by Crippen LogP contribution is 2.43. The summed E-state index contributed by atoms with van der Waals surface area (Å²) >= 11 is 0. The van der Waals surface area contributed by atoms with Crippen molar-refractivity contribution in [1.29, 1.82) is 0 Å². The molecule has 0 radical (unpaired) electrons. The Bertz CT molecular complexity index is 3590. The lowest BCUT2D eigenvalue weighted by molar-refractivity contribution is 0.0926. The molecule has 1 aliphatic heterocycles. The molecule has 0 atom stereocenters. The maximum absolute atomic E-state index is 15.0. The van der Waals surface area contributed by atoms with Crippen LogP contribution in [0.5, 0.6) is 0 Å². The van der Waals surface area contributed by atoms with Crippen molar-refractivity contribution < 1.29 is 9.59 Å². The number of para-hydroxylation sites is 5. The van der Waals surface area contributed by atoms with Crippen molar-refractivity contribution in [3.8, 4) is 28.2 Å². The van der Waals surface area contributed by atoms with Crippen molar-refractivity contribution in [2.75, 3.05) is 4.90 Å². The number of rotatable bonds is 5. The van der Waals surface area contributed by atoms with Crippen LogP contribution in [0.3, 0.4) is 0 Å². The highest BCUT2D eigenvalue weighted by Gasteiger charge is 2.40. The van der Waals surface area contributed by atoms with E-state index in [1.54, 1.807) is 6.07 Å². The average molecular weight is 795 g/mol. The molecule has 4 heterocycles. The number of amides is 2. The molecule has 0 saturated heterocycles. The molecule has 0 unspecified atom stereocenters. The number of hydrogen-bond donors (Lipinski definition) is 0. The third-order valence-electron chi connectivity index (χ3n) is 12.8. The summed E-state index contributed by atoms with van der Waals surface area (Å²) in [7, 11) is 0. The van der Waals surface area contributed by atoms with Crippen molar-refractivity contribution in [2.24, 2.45) is 0 Å². The van der Waals surface area contributed by atoms with Crippen molar-refractivity contribution in [3.05, 3.63) is 217 Å². The molecule has 2 amide bonds. The number of hydrogen-bond acceptors (Lipinski definition) is 2. The van der Waals surface area contributed by atoms with Crippen LogP contribution >= 0.6 is 0 Å². The van der Waals surface area contributed by atoms with Crippen LogP contribution in [-0.4, -0.2) is 25.5 Å². The summed E-state index contributed by atoms with van der Waals surface area (Å²) in [6.07, 6.45) is 0. The fourth-order valence-corrected chi connectivity index (χ4v) is 10.1. The lowest BCUT2D eigenvalue weighted by Crippen LogP contribution is -2.30. The fourth-order valence-electron chi connectivity index (χ4n) is 10.1. The Labute approximate surface area is 355 Å². The van der Waals surface area contributed by atoms with E-state index < -0.39 is 0 Å². The van der Waals surface area contributed by atoms with Gasteiger partial charge in [0.25, 0.3) is 11.8 Å². The fraction of sp³-hybridized carbons (Fsp3) is 0. The van der Waals surface area contributed by atoms with Gasteiger partial charge in [-0.2, -0.15) is 0 Å². The molecule has 13 rings (SSSR count). The first kappa shape index (κ1) is 34.4. The molecule has 290 valence electrons. The summed E-state index contributed by atoms with van der Waals surface area (Å²) in [6, 6.07) is 70.6. The topological polar surface area (TPSA) is 52.2 Å². The molecule has 0 spiro atoms. The van der Waals surface area contributed by atoms with Crippen LogP contribution in [0.4, 0.5) is 5.69 Å². The Morgan fingerprint density at radius 3 is 1.24 bits per heavy atom. The summed E-state index contributed by atoms with van der Waals surface area (Å²) in [5, 5.41) is 6.84. The van der Waals surface area contributed by atoms with Crippen molar-refractivity contribution >= 4 is 82.9 Å². The molecule has 0 aliphatic carbocycles. The van der Waals surface area contributed by atoms with E-state index in [0.717, 1.165) is 66.4 Å². The number of benzene rings is 9. The molecule has 62 heavy (non-hydrogen) atoms. The summed E-state index contributed by atoms with van der Waals surface area (Å²) in [5.41, 5.74) is 12.2. The maximum atomic E-state index is 15.0. The average Bonchev–Trinajstić information content (AvgIpc) is 4.03. The number of carbonyl (C=O) groups excluding carboxylic acids is 2. The summed E-state index contributed by atoms with van der Waals surface area (Å²) in [6.45, 7) is 0. The molecule has 6 nitrogen and oxygen atoms in total. The molecular weight excluding hydrogens is 761 g/mol. The zero-order chi connectivity index (χ0) is 41.1. The van der Waals surface area contributed by atoms with Gasteiger partial charge in [-0.05, 0) is 84.4 Å². The second kappa shape index (κ2) is 13.0. The Hall–Kier alpha value is -8.48. The number of aromatic nitrogens is 3. The lowest BCUT2D eigenvalue weighted by Gasteiger charge is -2.18. The smallest absolute Gasteiger partial charge is 0.268 e. The van der Waals surface area contributed by atoms with Gasteiger partial charge in [0.2, 0.25) is 0 Å². The Kier molecular flexibility index (Phi) is 7.22. The molecule has 6 heteroatoms. The van der Waals surface area contributed by atoms with E-state index in [1.807, 2.05) is 66.7 Å². The summed E-state index contributed by atoms with van der Waals surface area (Å²) < 4.78 is 6.86. The zero-order valence-corrected chi connectivity index (χ0v) is 33.2. The van der Waals surface area contributed by atoms with E-state index in [-0.39, 0.29) is 11.8 Å². The maximum Gasteiger partial charge on any atom is 0.268 e. The van der Waals surface area contributed by atoms with Crippen LogP contribution in [0.25, 0.3) is 93.6 Å². The van der Waals surface area contributed by atoms with Gasteiger partial charge in [0, 0.05) is 49.3 Å². The Balaban J connectivity index is 1.07. The highest BCUT2D eigenvalue weighted by atomic mass is 16.2. The second-order valence-electron chi connectivity index (χ2n) is 16.0. The van der Waals surface area contributed by atoms with Gasteiger partial charge in [0.1, 0.15) is 0 Å². The minimum atomic E-state index is -0.345. The molecule has 0 saturated carbocycles. The molecule has 3 aromatic heterocycles. The van der Waals surface area contributed by atoms with E-state index in [4.69, 9.17) is 0 Å². The van der Waals surface area contributed by atoms with Crippen molar-refractivity contribution in [3.63, 3.8) is 0 Å². The van der Waals surface area contributed by atoms with Crippen LogP contribution in [0.2, 0.25) is 0 Å². The first-order chi connectivity index (χ1) is 30.6. The van der Waals surface area contributed by atoms with Crippen molar-refractivity contribution in [2.45, 2.75) is 0 Å². The van der Waals surface area contributed by atoms with Gasteiger partial charge in [-0.15, -0.1) is 0 Å².